The molecule has 23 heavy (non-hydrogen) atoms. The van der Waals surface area contributed by atoms with Gasteiger partial charge in [0.2, 0.25) is 10.0 Å². The molecule has 0 saturated heterocycles. The number of carboxylic acids is 1. The Hall–Kier alpha value is -2.37. The molecule has 8 heteroatoms. The predicted molar refractivity (Wildman–Crippen MR) is 82.0 cm³/mol. The summed E-state index contributed by atoms with van der Waals surface area (Å²) >= 11 is 0. The van der Waals surface area contributed by atoms with E-state index in [0.717, 1.165) is 0 Å². The van der Waals surface area contributed by atoms with Gasteiger partial charge in [0.1, 0.15) is 6.04 Å². The van der Waals surface area contributed by atoms with E-state index in [4.69, 9.17) is 16.3 Å². The van der Waals surface area contributed by atoms with Crippen molar-refractivity contribution in [1.82, 2.24) is 4.72 Å². The van der Waals surface area contributed by atoms with Crippen LogP contribution in [0.25, 0.3) is 0 Å². The Morgan fingerprint density at radius 1 is 1.35 bits per heavy atom. The lowest BCUT2D eigenvalue weighted by Crippen LogP contribution is -2.42. The molecule has 0 unspecified atom stereocenters. The fourth-order valence-corrected chi connectivity index (χ4v) is 2.94. The Bertz CT molecular complexity index is 702. The van der Waals surface area contributed by atoms with Gasteiger partial charge in [-0.2, -0.15) is 4.72 Å². The monoisotopic (exact) mass is 339 g/mol. The van der Waals surface area contributed by atoms with Crippen LogP contribution in [-0.2, 0) is 24.3 Å². The number of aliphatic carboxylic acids is 1. The standard InChI is InChI=1S/C15H17NO6S/c1-3-11-5-7-12(8-6-11)23(20,21)16-13(9-10-14(17)18)15(19)22-4-2/h1,5-8,13,16H,4,9-10H2,2H3,(H,17,18)/t13-/m0/s1. The molecule has 1 rings (SSSR count). The van der Waals surface area contributed by atoms with E-state index < -0.39 is 28.0 Å². The fourth-order valence-electron chi connectivity index (χ4n) is 1.72. The summed E-state index contributed by atoms with van der Waals surface area (Å²) in [5, 5.41) is 8.70. The molecule has 2 N–H and O–H groups in total. The number of benzene rings is 1. The molecular weight excluding hydrogens is 322 g/mol. The van der Waals surface area contributed by atoms with Crippen molar-refractivity contribution in [2.45, 2.75) is 30.7 Å². The predicted octanol–water partition coefficient (Wildman–Crippen LogP) is 0.743. The summed E-state index contributed by atoms with van der Waals surface area (Å²) in [7, 11) is -4.01. The normalized spacial score (nSPS) is 12.2. The van der Waals surface area contributed by atoms with Gasteiger partial charge in [-0.3, -0.25) is 9.59 Å². The van der Waals surface area contributed by atoms with Crippen molar-refractivity contribution in [2.24, 2.45) is 0 Å². The van der Waals surface area contributed by atoms with Gasteiger partial charge in [-0.25, -0.2) is 8.42 Å². The highest BCUT2D eigenvalue weighted by atomic mass is 32.2. The maximum Gasteiger partial charge on any atom is 0.324 e. The first kappa shape index (κ1) is 18.7. The summed E-state index contributed by atoms with van der Waals surface area (Å²) in [4.78, 5) is 22.4. The highest BCUT2D eigenvalue weighted by Gasteiger charge is 2.27. The van der Waals surface area contributed by atoms with E-state index in [2.05, 4.69) is 10.6 Å². The molecule has 124 valence electrons. The Morgan fingerprint density at radius 2 is 1.96 bits per heavy atom. The van der Waals surface area contributed by atoms with E-state index in [-0.39, 0.29) is 24.3 Å². The molecule has 0 spiro atoms. The van der Waals surface area contributed by atoms with Crippen molar-refractivity contribution >= 4 is 22.0 Å². The highest BCUT2D eigenvalue weighted by Crippen LogP contribution is 2.12. The summed E-state index contributed by atoms with van der Waals surface area (Å²) < 4.78 is 31.5. The van der Waals surface area contributed by atoms with Gasteiger partial charge in [-0.1, -0.05) is 5.92 Å². The molecule has 0 aliphatic rings. The fraction of sp³-hybridized carbons (Fsp3) is 0.333. The van der Waals surface area contributed by atoms with Gasteiger partial charge < -0.3 is 9.84 Å². The lowest BCUT2D eigenvalue weighted by atomic mass is 10.2. The molecule has 1 atom stereocenters. The Balaban J connectivity index is 2.96. The average Bonchev–Trinajstić information content (AvgIpc) is 2.51. The number of ether oxygens (including phenoxy) is 1. The number of carbonyl (C=O) groups excluding carboxylic acids is 1. The number of terminal acetylenes is 1. The number of sulfonamides is 1. The molecular formula is C15H17NO6S. The number of carbonyl (C=O) groups is 2. The number of nitrogens with one attached hydrogen (secondary N) is 1. The number of esters is 1. The zero-order chi connectivity index (χ0) is 17.5. The van der Waals surface area contributed by atoms with Gasteiger partial charge in [0.25, 0.3) is 0 Å². The molecule has 7 nitrogen and oxygen atoms in total. The second-order valence-electron chi connectivity index (χ2n) is 4.53. The Labute approximate surface area is 134 Å². The number of hydrogen-bond donors (Lipinski definition) is 2. The molecule has 0 saturated carbocycles. The molecule has 0 fully saturated rings. The van der Waals surface area contributed by atoms with Crippen molar-refractivity contribution in [3.63, 3.8) is 0 Å². The van der Waals surface area contributed by atoms with Crippen molar-refractivity contribution in [2.75, 3.05) is 6.61 Å². The van der Waals surface area contributed by atoms with Crippen LogP contribution in [-0.4, -0.2) is 38.1 Å². The SMILES string of the molecule is C#Cc1ccc(S(=O)(=O)N[C@@H](CCC(=O)O)C(=O)OCC)cc1. The van der Waals surface area contributed by atoms with Crippen LogP contribution in [0.2, 0.25) is 0 Å². The van der Waals surface area contributed by atoms with E-state index in [1.54, 1.807) is 6.92 Å². The van der Waals surface area contributed by atoms with Gasteiger partial charge in [0, 0.05) is 12.0 Å². The van der Waals surface area contributed by atoms with E-state index in [9.17, 15) is 18.0 Å². The summed E-state index contributed by atoms with van der Waals surface area (Å²) in [5.41, 5.74) is 0.511. The van der Waals surface area contributed by atoms with Gasteiger partial charge >= 0.3 is 11.9 Å². The van der Waals surface area contributed by atoms with Gasteiger partial charge in [-0.15, -0.1) is 6.42 Å². The first-order valence-electron chi connectivity index (χ1n) is 6.77. The van der Waals surface area contributed by atoms with Crippen molar-refractivity contribution in [1.29, 1.82) is 0 Å². The van der Waals surface area contributed by atoms with Crippen molar-refractivity contribution < 1.29 is 27.9 Å². The quantitative estimate of drug-likeness (QED) is 0.534. The van der Waals surface area contributed by atoms with Crippen LogP contribution in [0.1, 0.15) is 25.3 Å². The maximum absolute atomic E-state index is 12.3. The molecule has 0 aliphatic carbocycles. The Kier molecular flexibility index (Phi) is 6.75. The largest absolute Gasteiger partial charge is 0.481 e. The lowest BCUT2D eigenvalue weighted by molar-refractivity contribution is -0.145. The van der Waals surface area contributed by atoms with E-state index >= 15 is 0 Å². The molecule has 1 aromatic rings. The first-order valence-corrected chi connectivity index (χ1v) is 8.26. The molecule has 0 aliphatic heterocycles. The number of carboxylic acid groups (broad SMARTS) is 1. The number of hydrogen-bond acceptors (Lipinski definition) is 5. The van der Waals surface area contributed by atoms with Gasteiger partial charge in [-0.05, 0) is 37.6 Å². The second-order valence-corrected chi connectivity index (χ2v) is 6.24. The van der Waals surface area contributed by atoms with E-state index in [1.807, 2.05) is 0 Å². The summed E-state index contributed by atoms with van der Waals surface area (Å²) in [6.07, 6.45) is 4.61. The topological polar surface area (TPSA) is 110 Å². The molecule has 1 aromatic carbocycles. The lowest BCUT2D eigenvalue weighted by Gasteiger charge is -2.16. The smallest absolute Gasteiger partial charge is 0.324 e. The van der Waals surface area contributed by atoms with Crippen LogP contribution in [0.3, 0.4) is 0 Å². The van der Waals surface area contributed by atoms with Crippen LogP contribution in [0, 0.1) is 12.3 Å². The highest BCUT2D eigenvalue weighted by molar-refractivity contribution is 7.89. The Morgan fingerprint density at radius 3 is 2.43 bits per heavy atom. The summed E-state index contributed by atoms with van der Waals surface area (Å²) in [6, 6.07) is 4.23. The van der Waals surface area contributed by atoms with E-state index in [0.29, 0.717) is 5.56 Å². The molecule has 0 amide bonds. The third-order valence-corrected chi connectivity index (χ3v) is 4.33. The molecule has 0 heterocycles. The second kappa shape index (κ2) is 8.31. The van der Waals surface area contributed by atoms with Crippen LogP contribution >= 0.6 is 0 Å². The maximum atomic E-state index is 12.3. The number of rotatable bonds is 8. The zero-order valence-electron chi connectivity index (χ0n) is 12.5. The van der Waals surface area contributed by atoms with Gasteiger partial charge in [0.05, 0.1) is 11.5 Å². The third kappa shape index (κ3) is 5.73. The van der Waals surface area contributed by atoms with Crippen molar-refractivity contribution in [3.05, 3.63) is 29.8 Å². The van der Waals surface area contributed by atoms with Crippen LogP contribution < -0.4 is 4.72 Å². The minimum Gasteiger partial charge on any atom is -0.481 e. The summed E-state index contributed by atoms with van der Waals surface area (Å²) in [6.45, 7) is 1.63. The minimum atomic E-state index is -4.01. The molecule has 0 radical (unpaired) electrons. The summed E-state index contributed by atoms with van der Waals surface area (Å²) in [5.74, 6) is 0.396. The average molecular weight is 339 g/mol. The molecule has 0 aromatic heterocycles. The van der Waals surface area contributed by atoms with Gasteiger partial charge in [0.15, 0.2) is 0 Å². The van der Waals surface area contributed by atoms with Crippen LogP contribution in [0.15, 0.2) is 29.2 Å². The van der Waals surface area contributed by atoms with Crippen molar-refractivity contribution in [3.8, 4) is 12.3 Å². The van der Waals surface area contributed by atoms with Crippen LogP contribution in [0.5, 0.6) is 0 Å². The molecule has 0 bridgehead atoms. The van der Waals surface area contributed by atoms with E-state index in [1.165, 1.54) is 24.3 Å². The third-order valence-electron chi connectivity index (χ3n) is 2.85. The first-order chi connectivity index (χ1) is 10.8. The van der Waals surface area contributed by atoms with Crippen LogP contribution in [0.4, 0.5) is 0 Å². The minimum absolute atomic E-state index is 0.0565. The zero-order valence-corrected chi connectivity index (χ0v) is 13.3.